The van der Waals surface area contributed by atoms with Crippen molar-refractivity contribution in [1.82, 2.24) is 0 Å². The van der Waals surface area contributed by atoms with Gasteiger partial charge >= 0.3 is 5.97 Å². The quantitative estimate of drug-likeness (QED) is 0.404. The zero-order chi connectivity index (χ0) is 20.8. The molecule has 2 N–H and O–H groups in total. The number of rotatable bonds is 11. The topological polar surface area (TPSA) is 57.5 Å². The Kier molecular flexibility index (Phi) is 8.38. The number of unbranched alkanes of at least 4 members (excludes halogenated alkanes) is 4. The Morgan fingerprint density at radius 1 is 0.889 bits per heavy atom. The van der Waals surface area contributed by atoms with Crippen molar-refractivity contribution in [3.63, 3.8) is 0 Å². The van der Waals surface area contributed by atoms with E-state index < -0.39 is 5.97 Å². The molecule has 0 unspecified atom stereocenters. The smallest absolute Gasteiger partial charge is 0.339 e. The van der Waals surface area contributed by atoms with Crippen LogP contribution >= 0.6 is 0 Å². The van der Waals surface area contributed by atoms with Crippen molar-refractivity contribution in [3.05, 3.63) is 28.3 Å². The molecule has 1 rings (SSSR count). The number of aromatic carboxylic acids is 1. The molecule has 0 heterocycles. The van der Waals surface area contributed by atoms with Crippen LogP contribution in [0.1, 0.15) is 120 Å². The predicted octanol–water partition coefficient (Wildman–Crippen LogP) is 7.11. The summed E-state index contributed by atoms with van der Waals surface area (Å²) in [6.07, 6.45) is 8.80. The molecule has 154 valence electrons. The Bertz CT molecular complexity index is 595. The zero-order valence-electron chi connectivity index (χ0n) is 18.5. The van der Waals surface area contributed by atoms with E-state index in [-0.39, 0.29) is 22.1 Å². The number of hydrogen-bond acceptors (Lipinski definition) is 2. The van der Waals surface area contributed by atoms with E-state index in [1.165, 1.54) is 12.8 Å². The molecule has 1 aromatic carbocycles. The third-order valence-corrected chi connectivity index (χ3v) is 6.04. The van der Waals surface area contributed by atoms with Crippen molar-refractivity contribution in [2.75, 3.05) is 0 Å². The van der Waals surface area contributed by atoms with E-state index in [1.54, 1.807) is 0 Å². The van der Waals surface area contributed by atoms with Gasteiger partial charge in [-0.05, 0) is 41.7 Å². The maximum absolute atomic E-state index is 12.0. The Labute approximate surface area is 166 Å². The Morgan fingerprint density at radius 2 is 1.33 bits per heavy atom. The molecular formula is C24H40O3. The van der Waals surface area contributed by atoms with Crippen molar-refractivity contribution < 1.29 is 15.0 Å². The molecule has 0 aromatic heterocycles. The second-order valence-corrected chi connectivity index (χ2v) is 9.31. The van der Waals surface area contributed by atoms with Gasteiger partial charge in [0.1, 0.15) is 11.3 Å². The van der Waals surface area contributed by atoms with Gasteiger partial charge in [-0.1, -0.05) is 86.1 Å². The fourth-order valence-corrected chi connectivity index (χ4v) is 4.15. The third-order valence-electron chi connectivity index (χ3n) is 6.04. The van der Waals surface area contributed by atoms with Crippen molar-refractivity contribution >= 4 is 5.97 Å². The van der Waals surface area contributed by atoms with Gasteiger partial charge in [0.2, 0.25) is 0 Å². The normalized spacial score (nSPS) is 12.4. The highest BCUT2D eigenvalue weighted by molar-refractivity contribution is 5.93. The number of carboxylic acids is 1. The molecule has 1 aromatic rings. The summed E-state index contributed by atoms with van der Waals surface area (Å²) in [6, 6.07) is 2.09. The van der Waals surface area contributed by atoms with Gasteiger partial charge in [-0.25, -0.2) is 4.79 Å². The fraction of sp³-hybridized carbons (Fsp3) is 0.708. The van der Waals surface area contributed by atoms with E-state index in [0.29, 0.717) is 5.56 Å². The molecule has 3 nitrogen and oxygen atoms in total. The van der Waals surface area contributed by atoms with Crippen LogP contribution in [0, 0.1) is 6.92 Å². The van der Waals surface area contributed by atoms with Crippen LogP contribution in [0.3, 0.4) is 0 Å². The Hall–Kier alpha value is -1.51. The summed E-state index contributed by atoms with van der Waals surface area (Å²) in [5, 5.41) is 20.7. The number of carboxylic acid groups (broad SMARTS) is 1. The van der Waals surface area contributed by atoms with E-state index in [1.807, 2.05) is 6.92 Å². The van der Waals surface area contributed by atoms with Crippen molar-refractivity contribution in [3.8, 4) is 5.75 Å². The summed E-state index contributed by atoms with van der Waals surface area (Å²) in [5.74, 6) is -1.09. The summed E-state index contributed by atoms with van der Waals surface area (Å²) in [7, 11) is 0. The highest BCUT2D eigenvalue weighted by atomic mass is 16.4. The molecule has 0 amide bonds. The molecule has 0 saturated carbocycles. The summed E-state index contributed by atoms with van der Waals surface area (Å²) in [4.78, 5) is 12.0. The molecule has 0 saturated heterocycles. The standard InChI is InChI=1S/C24H40O3/c1-8-10-12-14-23(4,5)18-16-19(24(6,7)15-13-11-9-2)21(25)20(17(18)3)22(26)27/h16,25H,8-15H2,1-7H3,(H,26,27). The first-order valence-electron chi connectivity index (χ1n) is 10.6. The van der Waals surface area contributed by atoms with Crippen molar-refractivity contribution in [2.45, 2.75) is 111 Å². The minimum atomic E-state index is -1.04. The molecule has 0 radical (unpaired) electrons. The number of carbonyl (C=O) groups is 1. The fourth-order valence-electron chi connectivity index (χ4n) is 4.15. The minimum absolute atomic E-state index is 0.0467. The lowest BCUT2D eigenvalue weighted by Gasteiger charge is -2.33. The van der Waals surface area contributed by atoms with Gasteiger partial charge in [-0.3, -0.25) is 0 Å². The minimum Gasteiger partial charge on any atom is -0.507 e. The first-order chi connectivity index (χ1) is 12.5. The van der Waals surface area contributed by atoms with Crippen molar-refractivity contribution in [2.24, 2.45) is 0 Å². The zero-order valence-corrected chi connectivity index (χ0v) is 18.5. The average Bonchev–Trinajstić information content (AvgIpc) is 2.54. The number of benzene rings is 1. The van der Waals surface area contributed by atoms with Crippen LogP contribution < -0.4 is 0 Å². The van der Waals surface area contributed by atoms with E-state index in [0.717, 1.165) is 49.7 Å². The summed E-state index contributed by atoms with van der Waals surface area (Å²) in [5.41, 5.74) is 2.24. The van der Waals surface area contributed by atoms with Gasteiger partial charge in [0.25, 0.3) is 0 Å². The molecular weight excluding hydrogens is 336 g/mol. The van der Waals surface area contributed by atoms with Gasteiger partial charge in [-0.15, -0.1) is 0 Å². The lowest BCUT2D eigenvalue weighted by atomic mass is 9.72. The highest BCUT2D eigenvalue weighted by Crippen LogP contribution is 2.43. The van der Waals surface area contributed by atoms with E-state index in [2.05, 4.69) is 47.6 Å². The van der Waals surface area contributed by atoms with Crippen LogP contribution in [0.15, 0.2) is 6.07 Å². The molecule has 0 fully saturated rings. The molecule has 0 aliphatic heterocycles. The van der Waals surface area contributed by atoms with Crippen LogP contribution in [0.2, 0.25) is 0 Å². The van der Waals surface area contributed by atoms with Gasteiger partial charge in [0.05, 0.1) is 0 Å². The maximum atomic E-state index is 12.0. The molecule has 0 spiro atoms. The number of aromatic hydroxyl groups is 1. The molecule has 3 heteroatoms. The van der Waals surface area contributed by atoms with E-state index in [4.69, 9.17) is 0 Å². The summed E-state index contributed by atoms with van der Waals surface area (Å²) < 4.78 is 0. The van der Waals surface area contributed by atoms with Gasteiger partial charge in [-0.2, -0.15) is 0 Å². The van der Waals surface area contributed by atoms with Gasteiger partial charge in [0.15, 0.2) is 0 Å². The van der Waals surface area contributed by atoms with Crippen LogP contribution in [0.5, 0.6) is 5.75 Å². The Morgan fingerprint density at radius 3 is 1.74 bits per heavy atom. The number of phenols is 1. The van der Waals surface area contributed by atoms with Crippen LogP contribution in [0.4, 0.5) is 0 Å². The highest BCUT2D eigenvalue weighted by Gasteiger charge is 2.33. The lowest BCUT2D eigenvalue weighted by molar-refractivity contribution is 0.0692. The lowest BCUT2D eigenvalue weighted by Crippen LogP contribution is -2.24. The second kappa shape index (κ2) is 9.61. The summed E-state index contributed by atoms with van der Waals surface area (Å²) >= 11 is 0. The maximum Gasteiger partial charge on any atom is 0.339 e. The van der Waals surface area contributed by atoms with E-state index in [9.17, 15) is 15.0 Å². The van der Waals surface area contributed by atoms with E-state index >= 15 is 0 Å². The molecule has 27 heavy (non-hydrogen) atoms. The monoisotopic (exact) mass is 376 g/mol. The molecule has 0 atom stereocenters. The van der Waals surface area contributed by atoms with Crippen LogP contribution in [0.25, 0.3) is 0 Å². The predicted molar refractivity (Wildman–Crippen MR) is 114 cm³/mol. The summed E-state index contributed by atoms with van der Waals surface area (Å²) in [6.45, 7) is 14.8. The van der Waals surface area contributed by atoms with Crippen molar-refractivity contribution in [1.29, 1.82) is 0 Å². The first kappa shape index (κ1) is 23.5. The molecule has 0 aliphatic rings. The van der Waals surface area contributed by atoms with Gasteiger partial charge < -0.3 is 10.2 Å². The SMILES string of the molecule is CCCCCC(C)(C)c1cc(C(C)(C)CCCCC)c(O)c(C(=O)O)c1C. The third kappa shape index (κ3) is 5.73. The van der Waals surface area contributed by atoms with Gasteiger partial charge in [0, 0.05) is 5.56 Å². The largest absolute Gasteiger partial charge is 0.507 e. The molecule has 0 bridgehead atoms. The number of hydrogen-bond donors (Lipinski definition) is 2. The second-order valence-electron chi connectivity index (χ2n) is 9.31. The van der Waals surface area contributed by atoms with Crippen LogP contribution in [-0.2, 0) is 10.8 Å². The average molecular weight is 377 g/mol. The Balaban J connectivity index is 3.48. The first-order valence-corrected chi connectivity index (χ1v) is 10.6. The molecule has 0 aliphatic carbocycles. The van der Waals surface area contributed by atoms with Crippen LogP contribution in [-0.4, -0.2) is 16.2 Å².